The number of carbonyl (C=O) groups is 2. The van der Waals surface area contributed by atoms with Crippen molar-refractivity contribution in [1.82, 2.24) is 4.90 Å². The van der Waals surface area contributed by atoms with E-state index in [2.05, 4.69) is 5.32 Å². The van der Waals surface area contributed by atoms with Gasteiger partial charge in [0.1, 0.15) is 24.6 Å². The maximum atomic E-state index is 15.0. The molecule has 1 aliphatic rings. The first-order chi connectivity index (χ1) is 16.9. The molecule has 0 aromatic heterocycles. The summed E-state index contributed by atoms with van der Waals surface area (Å²) in [5.41, 5.74) is 0.365. The molecule has 7 nitrogen and oxygen atoms in total. The van der Waals surface area contributed by atoms with Gasteiger partial charge in [0.15, 0.2) is 0 Å². The molecule has 0 spiro atoms. The molecule has 0 aliphatic carbocycles. The number of hydrogen-bond acceptors (Lipinski definition) is 5. The standard InChI is InChI=1S/C27H27FN2O5/c28-24-16-22(29-25(31)34-17-20-8-3-1-4-9-20)12-13-23(24)27(33)14-7-15-30(19-27)26(32)35-18-21-10-5-2-6-11-21/h1-6,8-13,16,33H,7,14-15,17-19H2,(H,29,31). The van der Waals surface area contributed by atoms with Crippen molar-refractivity contribution in [3.63, 3.8) is 0 Å². The van der Waals surface area contributed by atoms with E-state index in [0.717, 1.165) is 17.2 Å². The van der Waals surface area contributed by atoms with E-state index < -0.39 is 23.6 Å². The van der Waals surface area contributed by atoms with Crippen LogP contribution >= 0.6 is 0 Å². The van der Waals surface area contributed by atoms with Crippen LogP contribution in [0.15, 0.2) is 78.9 Å². The van der Waals surface area contributed by atoms with Crippen molar-refractivity contribution in [3.05, 3.63) is 101 Å². The molecule has 8 heteroatoms. The first-order valence-corrected chi connectivity index (χ1v) is 11.4. The predicted molar refractivity (Wildman–Crippen MR) is 128 cm³/mol. The molecule has 0 saturated carbocycles. The average Bonchev–Trinajstić information content (AvgIpc) is 2.87. The van der Waals surface area contributed by atoms with Gasteiger partial charge in [0.05, 0.1) is 6.54 Å². The minimum Gasteiger partial charge on any atom is -0.445 e. The first-order valence-electron chi connectivity index (χ1n) is 11.4. The molecule has 2 amide bonds. The highest BCUT2D eigenvalue weighted by molar-refractivity contribution is 5.84. The summed E-state index contributed by atoms with van der Waals surface area (Å²) in [5.74, 6) is -0.687. The van der Waals surface area contributed by atoms with Gasteiger partial charge < -0.3 is 19.5 Å². The zero-order chi connectivity index (χ0) is 24.7. The molecule has 4 rings (SSSR count). The Bertz CT molecular complexity index is 1160. The summed E-state index contributed by atoms with van der Waals surface area (Å²) in [7, 11) is 0. The molecule has 1 saturated heterocycles. The Kier molecular flexibility index (Phi) is 7.62. The van der Waals surface area contributed by atoms with Gasteiger partial charge in [0, 0.05) is 17.8 Å². The van der Waals surface area contributed by atoms with E-state index in [0.29, 0.717) is 13.0 Å². The van der Waals surface area contributed by atoms with Crippen molar-refractivity contribution in [2.45, 2.75) is 31.7 Å². The van der Waals surface area contributed by atoms with Gasteiger partial charge >= 0.3 is 12.2 Å². The molecular formula is C27H27FN2O5. The van der Waals surface area contributed by atoms with E-state index in [1.165, 1.54) is 17.0 Å². The van der Waals surface area contributed by atoms with Crippen LogP contribution in [-0.4, -0.2) is 35.3 Å². The normalized spacial score (nSPS) is 17.5. The zero-order valence-electron chi connectivity index (χ0n) is 19.2. The number of nitrogens with zero attached hydrogens (tertiary/aromatic N) is 1. The summed E-state index contributed by atoms with van der Waals surface area (Å²) < 4.78 is 25.5. The lowest BCUT2D eigenvalue weighted by molar-refractivity contribution is -0.0370. The van der Waals surface area contributed by atoms with Crippen LogP contribution < -0.4 is 5.32 Å². The summed E-state index contributed by atoms with van der Waals surface area (Å²) in [6, 6.07) is 22.5. The fourth-order valence-corrected chi connectivity index (χ4v) is 4.07. The number of β-amino-alcohol motifs (C(OH)–C–C–N with tert-alkyl or cyclic N) is 1. The molecule has 1 fully saturated rings. The van der Waals surface area contributed by atoms with E-state index in [1.807, 2.05) is 60.7 Å². The van der Waals surface area contributed by atoms with Crippen LogP contribution in [-0.2, 0) is 28.3 Å². The van der Waals surface area contributed by atoms with Crippen LogP contribution in [0.5, 0.6) is 0 Å². The second-order valence-corrected chi connectivity index (χ2v) is 8.48. The Morgan fingerprint density at radius 3 is 2.20 bits per heavy atom. The lowest BCUT2D eigenvalue weighted by atomic mass is 9.85. The monoisotopic (exact) mass is 478 g/mol. The number of ether oxygens (including phenoxy) is 2. The Labute approximate surface area is 203 Å². The summed E-state index contributed by atoms with van der Waals surface area (Å²) in [6.07, 6.45) is -0.503. The third kappa shape index (κ3) is 6.36. The topological polar surface area (TPSA) is 88.1 Å². The van der Waals surface area contributed by atoms with Gasteiger partial charge in [-0.05, 0) is 36.1 Å². The fraction of sp³-hybridized carbons (Fsp3) is 0.259. The minimum atomic E-state index is -1.57. The van der Waals surface area contributed by atoms with Crippen LogP contribution in [0.3, 0.4) is 0 Å². The van der Waals surface area contributed by atoms with Crippen molar-refractivity contribution in [2.24, 2.45) is 0 Å². The molecule has 0 bridgehead atoms. The summed E-state index contributed by atoms with van der Waals surface area (Å²) in [5, 5.41) is 13.7. The smallest absolute Gasteiger partial charge is 0.411 e. The maximum absolute atomic E-state index is 15.0. The largest absolute Gasteiger partial charge is 0.445 e. The number of carbonyl (C=O) groups excluding carboxylic acids is 2. The van der Waals surface area contributed by atoms with Gasteiger partial charge in [-0.1, -0.05) is 66.7 Å². The molecule has 182 valence electrons. The molecule has 0 radical (unpaired) electrons. The zero-order valence-corrected chi connectivity index (χ0v) is 19.2. The molecule has 1 atom stereocenters. The van der Waals surface area contributed by atoms with Gasteiger partial charge in [0.25, 0.3) is 0 Å². The SMILES string of the molecule is O=C(Nc1ccc(C2(O)CCCN(C(=O)OCc3ccccc3)C2)c(F)c1)OCc1ccccc1. The number of amides is 2. The summed E-state index contributed by atoms with van der Waals surface area (Å²) in [4.78, 5) is 26.0. The highest BCUT2D eigenvalue weighted by Gasteiger charge is 2.39. The number of benzene rings is 3. The van der Waals surface area contributed by atoms with Crippen molar-refractivity contribution >= 4 is 17.9 Å². The quantitative estimate of drug-likeness (QED) is 0.509. The highest BCUT2D eigenvalue weighted by Crippen LogP contribution is 2.34. The number of likely N-dealkylation sites (tertiary alicyclic amines) is 1. The third-order valence-corrected chi connectivity index (χ3v) is 5.86. The molecule has 1 unspecified atom stereocenters. The van der Waals surface area contributed by atoms with Gasteiger partial charge in [-0.15, -0.1) is 0 Å². The number of piperidine rings is 1. The fourth-order valence-electron chi connectivity index (χ4n) is 4.07. The molecule has 3 aromatic carbocycles. The van der Waals surface area contributed by atoms with Gasteiger partial charge in [-0.2, -0.15) is 0 Å². The molecule has 1 heterocycles. The van der Waals surface area contributed by atoms with Crippen molar-refractivity contribution in [2.75, 3.05) is 18.4 Å². The van der Waals surface area contributed by atoms with E-state index in [4.69, 9.17) is 9.47 Å². The van der Waals surface area contributed by atoms with Crippen molar-refractivity contribution in [3.8, 4) is 0 Å². The van der Waals surface area contributed by atoms with Gasteiger partial charge in [-0.3, -0.25) is 5.32 Å². The lowest BCUT2D eigenvalue weighted by Crippen LogP contribution is -2.49. The van der Waals surface area contributed by atoms with Crippen LogP contribution in [0.1, 0.15) is 29.5 Å². The number of nitrogens with one attached hydrogen (secondary N) is 1. The maximum Gasteiger partial charge on any atom is 0.411 e. The molecular weight excluding hydrogens is 451 g/mol. The number of aliphatic hydroxyl groups is 1. The first kappa shape index (κ1) is 24.2. The predicted octanol–water partition coefficient (Wildman–Crippen LogP) is 5.19. The molecule has 1 aliphatic heterocycles. The molecule has 2 N–H and O–H groups in total. The second kappa shape index (κ2) is 11.0. The molecule has 3 aromatic rings. The second-order valence-electron chi connectivity index (χ2n) is 8.48. The minimum absolute atomic E-state index is 0.0567. The third-order valence-electron chi connectivity index (χ3n) is 5.86. The average molecular weight is 479 g/mol. The summed E-state index contributed by atoms with van der Waals surface area (Å²) in [6.45, 7) is 0.515. The lowest BCUT2D eigenvalue weighted by Gasteiger charge is -2.39. The Balaban J connectivity index is 1.35. The Morgan fingerprint density at radius 2 is 1.57 bits per heavy atom. The van der Waals surface area contributed by atoms with Crippen LogP contribution in [0, 0.1) is 5.82 Å². The number of rotatable bonds is 6. The van der Waals surface area contributed by atoms with Crippen LogP contribution in [0.4, 0.5) is 19.7 Å². The number of hydrogen-bond donors (Lipinski definition) is 2. The van der Waals surface area contributed by atoms with E-state index in [9.17, 15) is 19.1 Å². The van der Waals surface area contributed by atoms with E-state index in [1.54, 1.807) is 0 Å². The Morgan fingerprint density at radius 1 is 0.943 bits per heavy atom. The number of halogens is 1. The summed E-state index contributed by atoms with van der Waals surface area (Å²) >= 11 is 0. The highest BCUT2D eigenvalue weighted by atomic mass is 19.1. The Hall–Kier alpha value is -3.91. The van der Waals surface area contributed by atoms with Crippen molar-refractivity contribution < 1.29 is 28.6 Å². The van der Waals surface area contributed by atoms with Gasteiger partial charge in [0.2, 0.25) is 0 Å². The van der Waals surface area contributed by atoms with Gasteiger partial charge in [-0.25, -0.2) is 14.0 Å². The number of anilines is 1. The van der Waals surface area contributed by atoms with Crippen molar-refractivity contribution in [1.29, 1.82) is 0 Å². The van der Waals surface area contributed by atoms with Crippen LogP contribution in [0.2, 0.25) is 0 Å². The van der Waals surface area contributed by atoms with E-state index in [-0.39, 0.29) is 37.4 Å². The molecule has 35 heavy (non-hydrogen) atoms. The van der Waals surface area contributed by atoms with Crippen LogP contribution in [0.25, 0.3) is 0 Å². The van der Waals surface area contributed by atoms with E-state index >= 15 is 0 Å².